The van der Waals surface area contributed by atoms with Gasteiger partial charge >= 0.3 is 0 Å². The first-order chi connectivity index (χ1) is 16.1. The summed E-state index contributed by atoms with van der Waals surface area (Å²) in [6.07, 6.45) is 4.53. The molecule has 0 spiro atoms. The van der Waals surface area contributed by atoms with E-state index in [0.717, 1.165) is 49.1 Å². The number of hydrogen-bond donors (Lipinski definition) is 0. The number of piperidine rings is 1. The van der Waals surface area contributed by atoms with Crippen LogP contribution >= 0.6 is 0 Å². The number of nitrogens with zero attached hydrogens (tertiary/aromatic N) is 4. The molecule has 3 heterocycles. The second-order valence-corrected chi connectivity index (χ2v) is 9.23. The molecule has 0 N–H and O–H groups in total. The molecule has 176 valence electrons. The maximum Gasteiger partial charge on any atom is 0.274 e. The van der Waals surface area contributed by atoms with Crippen LogP contribution in [-0.4, -0.2) is 76.4 Å². The lowest BCUT2D eigenvalue weighted by molar-refractivity contribution is -0.133. The van der Waals surface area contributed by atoms with Crippen molar-refractivity contribution in [3.8, 4) is 5.75 Å². The van der Waals surface area contributed by atoms with Crippen molar-refractivity contribution in [1.82, 2.24) is 19.6 Å². The van der Waals surface area contributed by atoms with Gasteiger partial charge in [0.05, 0.1) is 12.7 Å². The number of benzene rings is 1. The smallest absolute Gasteiger partial charge is 0.274 e. The Morgan fingerprint density at radius 3 is 2.64 bits per heavy atom. The van der Waals surface area contributed by atoms with E-state index < -0.39 is 0 Å². The van der Waals surface area contributed by atoms with Gasteiger partial charge in [-0.1, -0.05) is 18.2 Å². The van der Waals surface area contributed by atoms with E-state index in [9.17, 15) is 9.59 Å². The van der Waals surface area contributed by atoms with Crippen LogP contribution in [-0.2, 0) is 28.9 Å². The Bertz CT molecular complexity index is 997. The van der Waals surface area contributed by atoms with Crippen molar-refractivity contribution in [2.75, 3.05) is 32.8 Å². The second kappa shape index (κ2) is 9.55. The fourth-order valence-electron chi connectivity index (χ4n) is 5.11. The van der Waals surface area contributed by atoms with Gasteiger partial charge in [-0.15, -0.1) is 0 Å². The number of likely N-dealkylation sites (tertiary alicyclic amines) is 1. The fraction of sp³-hybridized carbons (Fsp3) is 0.560. The first kappa shape index (κ1) is 21.9. The highest BCUT2D eigenvalue weighted by Gasteiger charge is 2.32. The van der Waals surface area contributed by atoms with Crippen molar-refractivity contribution in [1.29, 1.82) is 0 Å². The number of ether oxygens (including phenoxy) is 2. The minimum Gasteiger partial charge on any atom is -0.490 e. The SMILES string of the molecule is C[C@H]1CN(C(=O)c2nn(CC(=O)N3CCC(Oc4ccccc4)CC3)c3c2CCC3)CCO1. The molecule has 8 heteroatoms. The van der Waals surface area contributed by atoms with Crippen molar-refractivity contribution in [2.45, 2.75) is 57.8 Å². The van der Waals surface area contributed by atoms with Crippen LogP contribution in [0.15, 0.2) is 30.3 Å². The summed E-state index contributed by atoms with van der Waals surface area (Å²) < 4.78 is 13.4. The Morgan fingerprint density at radius 1 is 1.09 bits per heavy atom. The van der Waals surface area contributed by atoms with E-state index in [1.165, 1.54) is 0 Å². The van der Waals surface area contributed by atoms with E-state index in [0.29, 0.717) is 38.5 Å². The summed E-state index contributed by atoms with van der Waals surface area (Å²) in [5, 5.41) is 4.65. The fourth-order valence-corrected chi connectivity index (χ4v) is 5.11. The molecule has 0 bridgehead atoms. The van der Waals surface area contributed by atoms with Crippen molar-refractivity contribution in [2.24, 2.45) is 0 Å². The highest BCUT2D eigenvalue weighted by molar-refractivity contribution is 5.94. The zero-order chi connectivity index (χ0) is 22.8. The Morgan fingerprint density at radius 2 is 1.88 bits per heavy atom. The number of morpholine rings is 1. The highest BCUT2D eigenvalue weighted by Crippen LogP contribution is 2.27. The van der Waals surface area contributed by atoms with Gasteiger partial charge in [0, 0.05) is 50.3 Å². The summed E-state index contributed by atoms with van der Waals surface area (Å²) in [6, 6.07) is 9.84. The van der Waals surface area contributed by atoms with E-state index in [1.807, 2.05) is 47.1 Å². The summed E-state index contributed by atoms with van der Waals surface area (Å²) in [5.41, 5.74) is 2.61. The number of carbonyl (C=O) groups excluding carboxylic acids is 2. The number of rotatable bonds is 5. The Labute approximate surface area is 194 Å². The molecule has 3 aliphatic rings. The van der Waals surface area contributed by atoms with Crippen molar-refractivity contribution in [3.63, 3.8) is 0 Å². The molecule has 2 aromatic rings. The lowest BCUT2D eigenvalue weighted by Gasteiger charge is -2.32. The predicted molar refractivity (Wildman–Crippen MR) is 122 cm³/mol. The number of carbonyl (C=O) groups is 2. The first-order valence-corrected chi connectivity index (χ1v) is 12.1. The van der Waals surface area contributed by atoms with Crippen molar-refractivity contribution < 1.29 is 19.1 Å². The minimum absolute atomic E-state index is 0.0339. The van der Waals surface area contributed by atoms with Crippen LogP contribution in [0.3, 0.4) is 0 Å². The molecular weight excluding hydrogens is 420 g/mol. The molecule has 5 rings (SSSR count). The van der Waals surface area contributed by atoms with Crippen LogP contribution in [0.25, 0.3) is 0 Å². The van der Waals surface area contributed by atoms with Crippen molar-refractivity contribution in [3.05, 3.63) is 47.3 Å². The van der Waals surface area contributed by atoms with Crippen LogP contribution in [0.1, 0.15) is 47.9 Å². The van der Waals surface area contributed by atoms with Gasteiger partial charge in [-0.25, -0.2) is 0 Å². The van der Waals surface area contributed by atoms with Crippen LogP contribution < -0.4 is 4.74 Å². The van der Waals surface area contributed by atoms with E-state index in [1.54, 1.807) is 4.68 Å². The van der Waals surface area contributed by atoms with Gasteiger partial charge in [-0.2, -0.15) is 5.10 Å². The third-order valence-electron chi connectivity index (χ3n) is 6.86. The summed E-state index contributed by atoms with van der Waals surface area (Å²) >= 11 is 0. The van der Waals surface area contributed by atoms with E-state index in [4.69, 9.17) is 9.47 Å². The van der Waals surface area contributed by atoms with Crippen LogP contribution in [0, 0.1) is 0 Å². The minimum atomic E-state index is -0.0339. The standard InChI is InChI=1S/C25H32N4O4/c1-18-16-28(14-15-32-18)25(31)24-21-8-5-9-22(21)29(26-24)17-23(30)27-12-10-20(11-13-27)33-19-6-3-2-4-7-19/h2-4,6-7,18,20H,5,8-17H2,1H3/t18-/m0/s1. The highest BCUT2D eigenvalue weighted by atomic mass is 16.5. The number of aromatic nitrogens is 2. The van der Waals surface area contributed by atoms with Gasteiger partial charge < -0.3 is 19.3 Å². The van der Waals surface area contributed by atoms with Gasteiger partial charge in [0.2, 0.25) is 5.91 Å². The van der Waals surface area contributed by atoms with Crippen LogP contribution in [0.4, 0.5) is 0 Å². The Hall–Kier alpha value is -2.87. The zero-order valence-corrected chi connectivity index (χ0v) is 19.2. The van der Waals surface area contributed by atoms with E-state index in [-0.39, 0.29) is 30.6 Å². The van der Waals surface area contributed by atoms with Gasteiger partial charge in [0.1, 0.15) is 18.4 Å². The molecule has 2 fully saturated rings. The summed E-state index contributed by atoms with van der Waals surface area (Å²) in [4.78, 5) is 30.0. The maximum absolute atomic E-state index is 13.2. The molecule has 0 unspecified atom stereocenters. The number of amides is 2. The summed E-state index contributed by atoms with van der Waals surface area (Å²) in [6.45, 7) is 5.25. The van der Waals surface area contributed by atoms with Crippen LogP contribution in [0.2, 0.25) is 0 Å². The van der Waals surface area contributed by atoms with Crippen LogP contribution in [0.5, 0.6) is 5.75 Å². The topological polar surface area (TPSA) is 76.9 Å². The van der Waals surface area contributed by atoms with Gasteiger partial charge in [-0.3, -0.25) is 14.3 Å². The van der Waals surface area contributed by atoms with Crippen molar-refractivity contribution >= 4 is 11.8 Å². The number of fused-ring (bicyclic) bond motifs is 1. The first-order valence-electron chi connectivity index (χ1n) is 12.1. The average Bonchev–Trinajstić information content (AvgIpc) is 3.44. The largest absolute Gasteiger partial charge is 0.490 e. The van der Waals surface area contributed by atoms with E-state index >= 15 is 0 Å². The number of para-hydroxylation sites is 1. The average molecular weight is 453 g/mol. The summed E-state index contributed by atoms with van der Waals surface area (Å²) in [5.74, 6) is 0.902. The van der Waals surface area contributed by atoms with E-state index in [2.05, 4.69) is 5.10 Å². The molecule has 1 aromatic heterocycles. The third kappa shape index (κ3) is 4.76. The maximum atomic E-state index is 13.2. The van der Waals surface area contributed by atoms with Gasteiger partial charge in [0.25, 0.3) is 5.91 Å². The van der Waals surface area contributed by atoms with Gasteiger partial charge in [0.15, 0.2) is 5.69 Å². The third-order valence-corrected chi connectivity index (χ3v) is 6.86. The molecule has 2 aliphatic heterocycles. The lowest BCUT2D eigenvalue weighted by Crippen LogP contribution is -2.45. The molecule has 33 heavy (non-hydrogen) atoms. The second-order valence-electron chi connectivity index (χ2n) is 9.23. The number of hydrogen-bond acceptors (Lipinski definition) is 5. The molecule has 2 amide bonds. The Balaban J connectivity index is 1.21. The van der Waals surface area contributed by atoms with Gasteiger partial charge in [-0.05, 0) is 38.3 Å². The monoisotopic (exact) mass is 452 g/mol. The molecule has 0 radical (unpaired) electrons. The summed E-state index contributed by atoms with van der Waals surface area (Å²) in [7, 11) is 0. The molecule has 0 saturated carbocycles. The molecule has 1 aromatic carbocycles. The zero-order valence-electron chi connectivity index (χ0n) is 19.2. The molecule has 1 aliphatic carbocycles. The predicted octanol–water partition coefficient (Wildman–Crippen LogP) is 2.30. The molecule has 1 atom stereocenters. The normalized spacial score (nSPS) is 21.2. The quantitative estimate of drug-likeness (QED) is 0.696. The Kier molecular flexibility index (Phi) is 6.35. The molecule has 8 nitrogen and oxygen atoms in total. The lowest BCUT2D eigenvalue weighted by atomic mass is 10.1. The molecular formula is C25H32N4O4. The molecule has 2 saturated heterocycles.